The molecular weight excluding hydrogens is 771 g/mol. The zero-order chi connectivity index (χ0) is 37.0. The predicted molar refractivity (Wildman–Crippen MR) is 225 cm³/mol. The summed E-state index contributed by atoms with van der Waals surface area (Å²) in [7, 11) is 23.0. The molecule has 0 bridgehead atoms. The minimum absolute atomic E-state index is 0. The van der Waals surface area contributed by atoms with E-state index in [1.807, 2.05) is 0 Å². The van der Waals surface area contributed by atoms with Crippen molar-refractivity contribution in [1.29, 1.82) is 0 Å². The van der Waals surface area contributed by atoms with E-state index in [9.17, 15) is 0 Å². The molecule has 0 heterocycles. The van der Waals surface area contributed by atoms with Crippen LogP contribution in [0.4, 0.5) is 34.1 Å². The van der Waals surface area contributed by atoms with Gasteiger partial charge in [-0.25, -0.2) is 0 Å². The second-order valence-corrected chi connectivity index (χ2v) is 19.0. The van der Waals surface area contributed by atoms with Crippen LogP contribution in [0.2, 0.25) is 0 Å². The minimum Gasteiger partial charge on any atom is -1.00 e. The van der Waals surface area contributed by atoms with E-state index >= 15 is 0 Å². The van der Waals surface area contributed by atoms with Crippen LogP contribution in [-0.4, -0.2) is 92.6 Å². The summed E-state index contributed by atoms with van der Waals surface area (Å²) in [6, 6.07) is 14.7. The van der Waals surface area contributed by atoms with Gasteiger partial charge in [0.05, 0.1) is 0 Å². The number of anilines is 6. The Kier molecular flexibility index (Phi) is 18.1. The first-order chi connectivity index (χ1) is 22.7. The van der Waals surface area contributed by atoms with E-state index < -0.39 is 8.07 Å². The van der Waals surface area contributed by atoms with Gasteiger partial charge in [0, 0.05) is 119 Å². The van der Waals surface area contributed by atoms with Crippen molar-refractivity contribution in [3.05, 3.63) is 75.3 Å². The topological polar surface area (TPSA) is 19.4 Å². The van der Waals surface area contributed by atoms with Crippen LogP contribution in [0.1, 0.15) is 38.9 Å². The molecule has 11 heteroatoms. The molecule has 0 aromatic heterocycles. The number of halogens is 3. The van der Waals surface area contributed by atoms with E-state index in [1.54, 1.807) is 0 Å². The number of benzene rings is 3. The van der Waals surface area contributed by atoms with E-state index in [-0.39, 0.29) is 58.9 Å². The smallest absolute Gasteiger partial charge is 1.00 e. The Morgan fingerprint density at radius 1 is 0.396 bits per heavy atom. The van der Waals surface area contributed by atoms with Gasteiger partial charge < -0.3 is 66.6 Å². The largest absolute Gasteiger partial charge is 4.00 e. The number of hydrogen-bond donors (Lipinski definition) is 0. The second kappa shape index (κ2) is 19.0. The molecule has 0 saturated heterocycles. The number of hydrogen-bond acceptors (Lipinski definition) is 6. The minimum atomic E-state index is -3.16. The first kappa shape index (κ1) is 50.6. The van der Waals surface area contributed by atoms with Gasteiger partial charge >= 0.3 is 21.7 Å². The average molecular weight is 834 g/mol. The molecule has 0 atom stereocenters. The van der Waals surface area contributed by atoms with Crippen LogP contribution >= 0.6 is 0 Å². The van der Waals surface area contributed by atoms with Crippen LogP contribution in [0.25, 0.3) is 0 Å². The maximum atomic E-state index is 2.54. The van der Waals surface area contributed by atoms with Crippen molar-refractivity contribution in [3.8, 4) is 0 Å². The van der Waals surface area contributed by atoms with Gasteiger partial charge in [0.2, 0.25) is 0 Å². The Labute approximate surface area is 357 Å². The fourth-order valence-electron chi connectivity index (χ4n) is 8.01. The third-order valence-electron chi connectivity index (χ3n) is 11.1. The van der Waals surface area contributed by atoms with Crippen molar-refractivity contribution in [2.45, 2.75) is 48.5 Å². The summed E-state index contributed by atoms with van der Waals surface area (Å²) in [5.41, 5.74) is 17.1. The molecule has 0 radical (unpaired) electrons. The van der Waals surface area contributed by atoms with Crippen LogP contribution in [0.3, 0.4) is 0 Å². The summed E-state index contributed by atoms with van der Waals surface area (Å²) >= 11 is 0. The molecule has 0 saturated carbocycles. The Morgan fingerprint density at radius 3 is 0.849 bits per heavy atom. The third kappa shape index (κ3) is 8.71. The Morgan fingerprint density at radius 2 is 0.660 bits per heavy atom. The van der Waals surface area contributed by atoms with Crippen molar-refractivity contribution in [1.82, 2.24) is 0 Å². The van der Waals surface area contributed by atoms with E-state index in [0.29, 0.717) is 0 Å². The normalized spacial score (nSPS) is 10.7. The Balaban J connectivity index is 0.00000676. The third-order valence-corrected chi connectivity index (χ3v) is 16.6. The maximum absolute atomic E-state index is 3.16. The molecule has 4 aromatic rings. The van der Waals surface area contributed by atoms with Gasteiger partial charge in [-0.3, -0.25) is 0 Å². The van der Waals surface area contributed by atoms with Crippen molar-refractivity contribution < 1.29 is 58.9 Å². The van der Waals surface area contributed by atoms with Crippen molar-refractivity contribution >= 4 is 62.9 Å². The summed E-state index contributed by atoms with van der Waals surface area (Å²) in [5, 5.41) is 5.88. The number of nitrogens with zero attached hydrogens (tertiary/aromatic N) is 6. The summed E-state index contributed by atoms with van der Waals surface area (Å²) in [6.45, 7) is 16.6. The molecule has 0 N–H and O–H groups in total. The monoisotopic (exact) mass is 832 g/mol. The molecule has 0 spiro atoms. The van der Waals surface area contributed by atoms with Crippen LogP contribution in [-0.2, 0) is 21.7 Å². The first-order valence-electron chi connectivity index (χ1n) is 17.4. The van der Waals surface area contributed by atoms with Gasteiger partial charge in [-0.15, -0.1) is 0 Å². The van der Waals surface area contributed by atoms with Gasteiger partial charge in [-0.1, -0.05) is 27.7 Å². The van der Waals surface area contributed by atoms with Crippen molar-refractivity contribution in [2.75, 3.05) is 114 Å². The summed E-state index contributed by atoms with van der Waals surface area (Å²) in [5.74, 6) is 0. The number of rotatable bonds is 10. The maximum Gasteiger partial charge on any atom is 4.00 e. The van der Waals surface area contributed by atoms with Crippen LogP contribution in [0.15, 0.2) is 36.4 Å². The van der Waals surface area contributed by atoms with Gasteiger partial charge in [0.25, 0.3) is 0 Å². The van der Waals surface area contributed by atoms with E-state index in [0.717, 1.165) is 0 Å². The van der Waals surface area contributed by atoms with Crippen LogP contribution in [0, 0.1) is 48.5 Å². The summed E-state index contributed by atoms with van der Waals surface area (Å²) in [4.78, 5) is 13.7. The molecule has 0 unspecified atom stereocenters. The fraction of sp³-hybridized carbons (Fsp3) is 0.452. The van der Waals surface area contributed by atoms with Crippen LogP contribution < -0.4 is 87.4 Å². The molecule has 53 heavy (non-hydrogen) atoms. The van der Waals surface area contributed by atoms with Crippen molar-refractivity contribution in [2.24, 2.45) is 0 Å². The van der Waals surface area contributed by atoms with E-state index in [4.69, 9.17) is 0 Å². The molecule has 6 nitrogen and oxygen atoms in total. The SMILES string of the molecule is Cc1c(N(C)C)cc(N(C)C)cc1[Si](c1cc(N(C)C)cc(N(C)C)c1C)(c1cc(N(C)C)cc(N(C)C)c1C)c1c(C)c(C)c(C)[c-]1C.[Cl-].[Cl-].[Cl-].[Ti+4]. The standard InChI is InChI=1S/C42H63N6Si.3ClH.Ti/c1-26-27(2)29(4)42(28(26)3)49(39-23-33(43(8)9)20-36(30(39)5)46(14)15,40-24-34(44(10)11)21-37(31(40)6)47(16)17)41-25-35(45(12)13)22-38(32(41)7)48(18)19;;;;/h20-25H,1-19H3;3*1H;/q-1;;;;+4/p-3. The molecule has 4 aromatic carbocycles. The van der Waals surface area contributed by atoms with Gasteiger partial charge in [0.1, 0.15) is 0 Å². The molecule has 0 aliphatic heterocycles. The predicted octanol–water partition coefficient (Wildman–Crippen LogP) is -3.65. The Hall–Kier alpha value is -2.39. The second-order valence-electron chi connectivity index (χ2n) is 15.4. The first-order valence-corrected chi connectivity index (χ1v) is 19.4. The van der Waals surface area contributed by atoms with Gasteiger partial charge in [-0.05, 0) is 89.4 Å². The molecule has 0 aliphatic rings. The van der Waals surface area contributed by atoms with Crippen molar-refractivity contribution in [3.63, 3.8) is 0 Å². The molecule has 0 aliphatic carbocycles. The quantitative estimate of drug-likeness (QED) is 0.0928. The zero-order valence-electron chi connectivity index (χ0n) is 35.8. The fourth-order valence-corrected chi connectivity index (χ4v) is 14.4. The molecular formula is C42H63Cl3N6SiTi. The Bertz CT molecular complexity index is 1690. The average Bonchev–Trinajstić information content (AvgIpc) is 3.20. The summed E-state index contributed by atoms with van der Waals surface area (Å²) in [6.07, 6.45) is 0. The van der Waals surface area contributed by atoms with E-state index in [1.165, 1.54) is 93.8 Å². The molecule has 0 fully saturated rings. The van der Waals surface area contributed by atoms with Gasteiger partial charge in [0.15, 0.2) is 8.07 Å². The zero-order valence-corrected chi connectivity index (χ0v) is 40.6. The molecule has 290 valence electrons. The molecule has 4 rings (SSSR count). The van der Waals surface area contributed by atoms with Gasteiger partial charge in [-0.2, -0.15) is 27.4 Å². The van der Waals surface area contributed by atoms with E-state index in [2.05, 4.69) is 199 Å². The van der Waals surface area contributed by atoms with Crippen LogP contribution in [0.5, 0.6) is 0 Å². The molecule has 0 amide bonds. The summed E-state index contributed by atoms with van der Waals surface area (Å²) < 4.78 is 0.